The van der Waals surface area contributed by atoms with Crippen LogP contribution in [0.2, 0.25) is 0 Å². The quantitative estimate of drug-likeness (QED) is 0.291. The summed E-state index contributed by atoms with van der Waals surface area (Å²) < 4.78 is 29.6. The van der Waals surface area contributed by atoms with Crippen LogP contribution >= 0.6 is 15.9 Å². The Kier molecular flexibility index (Phi) is 10.7. The zero-order chi connectivity index (χ0) is 28.6. The molecule has 0 aromatic heterocycles. The van der Waals surface area contributed by atoms with Gasteiger partial charge in [0.15, 0.2) is 0 Å². The summed E-state index contributed by atoms with van der Waals surface area (Å²) in [5, 5.41) is 2.94. The molecule has 3 aromatic carbocycles. The van der Waals surface area contributed by atoms with Crippen molar-refractivity contribution in [2.75, 3.05) is 10.8 Å². The minimum Gasteiger partial charge on any atom is -0.352 e. The predicted molar refractivity (Wildman–Crippen MR) is 159 cm³/mol. The summed E-state index contributed by atoms with van der Waals surface area (Å²) in [7, 11) is -4.07. The van der Waals surface area contributed by atoms with Crippen LogP contribution < -0.4 is 9.62 Å². The zero-order valence-corrected chi connectivity index (χ0v) is 25.2. The van der Waals surface area contributed by atoms with E-state index in [2.05, 4.69) is 21.2 Å². The molecule has 0 saturated carbocycles. The molecule has 0 aliphatic rings. The first-order valence-electron chi connectivity index (χ1n) is 13.1. The van der Waals surface area contributed by atoms with Crippen LogP contribution in [0.25, 0.3) is 0 Å². The number of rotatable bonds is 12. The number of carbonyl (C=O) groups excluding carboxylic acids is 2. The van der Waals surface area contributed by atoms with Gasteiger partial charge in [0.2, 0.25) is 11.8 Å². The van der Waals surface area contributed by atoms with E-state index in [1.807, 2.05) is 57.2 Å². The Morgan fingerprint density at radius 1 is 0.897 bits per heavy atom. The smallest absolute Gasteiger partial charge is 0.264 e. The maximum absolute atomic E-state index is 13.9. The topological polar surface area (TPSA) is 86.8 Å². The van der Waals surface area contributed by atoms with Crippen molar-refractivity contribution in [1.82, 2.24) is 10.2 Å². The van der Waals surface area contributed by atoms with Gasteiger partial charge < -0.3 is 10.2 Å². The third-order valence-electron chi connectivity index (χ3n) is 6.65. The van der Waals surface area contributed by atoms with Gasteiger partial charge in [0, 0.05) is 17.1 Å². The van der Waals surface area contributed by atoms with Crippen molar-refractivity contribution >= 4 is 43.5 Å². The van der Waals surface area contributed by atoms with Gasteiger partial charge in [-0.25, -0.2) is 8.42 Å². The summed E-state index contributed by atoms with van der Waals surface area (Å²) in [6.07, 6.45) is 1.54. The third kappa shape index (κ3) is 7.92. The molecule has 0 saturated heterocycles. The van der Waals surface area contributed by atoms with Crippen molar-refractivity contribution in [3.63, 3.8) is 0 Å². The summed E-state index contributed by atoms with van der Waals surface area (Å²) in [6.45, 7) is 7.23. The highest BCUT2D eigenvalue weighted by Gasteiger charge is 2.32. The Bertz CT molecular complexity index is 1360. The lowest BCUT2D eigenvalue weighted by atomic mass is 10.1. The third-order valence-corrected chi connectivity index (χ3v) is 8.93. The normalized spacial score (nSPS) is 12.8. The van der Waals surface area contributed by atoms with Crippen molar-refractivity contribution in [2.24, 2.45) is 0 Å². The van der Waals surface area contributed by atoms with E-state index < -0.39 is 28.5 Å². The summed E-state index contributed by atoms with van der Waals surface area (Å²) >= 11 is 3.46. The molecule has 2 amide bonds. The zero-order valence-electron chi connectivity index (χ0n) is 22.8. The number of nitrogens with zero attached hydrogens (tertiary/aromatic N) is 2. The highest BCUT2D eigenvalue weighted by atomic mass is 79.9. The number of hydrogen-bond donors (Lipinski definition) is 1. The van der Waals surface area contributed by atoms with Gasteiger partial charge in [-0.2, -0.15) is 0 Å². The molecule has 39 heavy (non-hydrogen) atoms. The van der Waals surface area contributed by atoms with Crippen LogP contribution in [0.1, 0.15) is 45.2 Å². The fourth-order valence-corrected chi connectivity index (χ4v) is 5.91. The fourth-order valence-electron chi connectivity index (χ4n) is 4.03. The summed E-state index contributed by atoms with van der Waals surface area (Å²) in [5.41, 5.74) is 2.24. The van der Waals surface area contributed by atoms with Crippen LogP contribution in [-0.2, 0) is 32.6 Å². The molecule has 0 spiro atoms. The SMILES string of the molecule is CCc1ccc(N(CC(=O)N(Cc2cccc(Br)c2)C(C)C(=O)NC(C)CC)S(=O)(=O)c2ccccc2)cc1. The largest absolute Gasteiger partial charge is 0.352 e. The molecular weight excluding hydrogens is 578 g/mol. The lowest BCUT2D eigenvalue weighted by Crippen LogP contribution is -2.52. The van der Waals surface area contributed by atoms with Gasteiger partial charge in [-0.3, -0.25) is 13.9 Å². The molecule has 9 heteroatoms. The van der Waals surface area contributed by atoms with E-state index in [1.54, 1.807) is 37.3 Å². The van der Waals surface area contributed by atoms with E-state index in [4.69, 9.17) is 0 Å². The Hall–Kier alpha value is -3.17. The number of benzene rings is 3. The van der Waals surface area contributed by atoms with Crippen molar-refractivity contribution in [2.45, 2.75) is 64.1 Å². The average Bonchev–Trinajstić information content (AvgIpc) is 2.94. The molecular formula is C30H36BrN3O4S. The minimum atomic E-state index is -4.07. The van der Waals surface area contributed by atoms with Gasteiger partial charge in [0.05, 0.1) is 10.6 Å². The van der Waals surface area contributed by atoms with Gasteiger partial charge in [-0.1, -0.05) is 72.2 Å². The lowest BCUT2D eigenvalue weighted by molar-refractivity contribution is -0.139. The standard InChI is InChI=1S/C30H36BrN3O4S/c1-5-22(3)32-30(36)23(4)33(20-25-11-10-12-26(31)19-25)29(35)21-34(27-17-15-24(6-2)16-18-27)39(37,38)28-13-8-7-9-14-28/h7-19,22-23H,5-6,20-21H2,1-4H3,(H,32,36). The summed E-state index contributed by atoms with van der Waals surface area (Å²) in [4.78, 5) is 28.6. The van der Waals surface area contributed by atoms with Crippen LogP contribution in [-0.4, -0.2) is 43.8 Å². The Labute approximate surface area is 240 Å². The number of carbonyl (C=O) groups is 2. The second kappa shape index (κ2) is 13.8. The van der Waals surface area contributed by atoms with E-state index >= 15 is 0 Å². The van der Waals surface area contributed by atoms with E-state index in [9.17, 15) is 18.0 Å². The minimum absolute atomic E-state index is 0.0604. The van der Waals surface area contributed by atoms with Crippen LogP contribution in [0, 0.1) is 0 Å². The molecule has 2 unspecified atom stereocenters. The average molecular weight is 615 g/mol. The molecule has 3 rings (SSSR count). The Balaban J connectivity index is 2.02. The summed E-state index contributed by atoms with van der Waals surface area (Å²) in [6, 6.07) is 21.8. The molecule has 3 aromatic rings. The van der Waals surface area contributed by atoms with Crippen LogP contribution in [0.4, 0.5) is 5.69 Å². The number of aryl methyl sites for hydroxylation is 1. The predicted octanol–water partition coefficient (Wildman–Crippen LogP) is 5.54. The van der Waals surface area contributed by atoms with E-state index in [0.29, 0.717) is 5.69 Å². The number of amides is 2. The van der Waals surface area contributed by atoms with Gasteiger partial charge >= 0.3 is 0 Å². The van der Waals surface area contributed by atoms with Crippen LogP contribution in [0.3, 0.4) is 0 Å². The molecule has 0 bridgehead atoms. The molecule has 1 N–H and O–H groups in total. The molecule has 0 aliphatic heterocycles. The molecule has 0 radical (unpaired) electrons. The van der Waals surface area contributed by atoms with Crippen LogP contribution in [0.15, 0.2) is 88.2 Å². The van der Waals surface area contributed by atoms with Crippen molar-refractivity contribution in [1.29, 1.82) is 0 Å². The molecule has 0 fully saturated rings. The monoisotopic (exact) mass is 613 g/mol. The van der Waals surface area contributed by atoms with E-state index in [-0.39, 0.29) is 23.4 Å². The molecule has 0 heterocycles. The van der Waals surface area contributed by atoms with Crippen molar-refractivity contribution in [3.05, 3.63) is 94.5 Å². The highest BCUT2D eigenvalue weighted by molar-refractivity contribution is 9.10. The molecule has 7 nitrogen and oxygen atoms in total. The summed E-state index contributed by atoms with van der Waals surface area (Å²) in [5.74, 6) is -0.779. The number of anilines is 1. The Morgan fingerprint density at radius 3 is 2.15 bits per heavy atom. The van der Waals surface area contributed by atoms with Gasteiger partial charge in [0.25, 0.3) is 10.0 Å². The highest BCUT2D eigenvalue weighted by Crippen LogP contribution is 2.25. The molecule has 2 atom stereocenters. The maximum Gasteiger partial charge on any atom is 0.264 e. The number of nitrogens with one attached hydrogen (secondary N) is 1. The van der Waals surface area contributed by atoms with Crippen molar-refractivity contribution < 1.29 is 18.0 Å². The fraction of sp³-hybridized carbons (Fsp3) is 0.333. The second-order valence-corrected chi connectivity index (χ2v) is 12.3. The van der Waals surface area contributed by atoms with Crippen molar-refractivity contribution in [3.8, 4) is 0 Å². The maximum atomic E-state index is 13.9. The van der Waals surface area contributed by atoms with Gasteiger partial charge in [0.1, 0.15) is 12.6 Å². The lowest BCUT2D eigenvalue weighted by Gasteiger charge is -2.32. The first-order valence-corrected chi connectivity index (χ1v) is 15.3. The van der Waals surface area contributed by atoms with Gasteiger partial charge in [-0.15, -0.1) is 0 Å². The number of sulfonamides is 1. The number of halogens is 1. The molecule has 208 valence electrons. The van der Waals surface area contributed by atoms with E-state index in [1.165, 1.54) is 17.0 Å². The Morgan fingerprint density at radius 2 is 1.56 bits per heavy atom. The van der Waals surface area contributed by atoms with Crippen LogP contribution in [0.5, 0.6) is 0 Å². The first-order chi connectivity index (χ1) is 18.6. The van der Waals surface area contributed by atoms with Gasteiger partial charge in [-0.05, 0) is 74.2 Å². The first kappa shape index (κ1) is 30.4. The molecule has 0 aliphatic carbocycles. The van der Waals surface area contributed by atoms with E-state index in [0.717, 1.165) is 32.7 Å². The second-order valence-electron chi connectivity index (χ2n) is 9.49. The number of hydrogen-bond acceptors (Lipinski definition) is 4.